The second-order valence-electron chi connectivity index (χ2n) is 8.46. The van der Waals surface area contributed by atoms with Crippen LogP contribution in [0.4, 0.5) is 5.69 Å². The lowest BCUT2D eigenvalue weighted by Crippen LogP contribution is -2.38. The van der Waals surface area contributed by atoms with E-state index in [2.05, 4.69) is 20.1 Å². The predicted molar refractivity (Wildman–Crippen MR) is 130 cm³/mol. The van der Waals surface area contributed by atoms with Crippen LogP contribution in [0.2, 0.25) is 0 Å². The molecule has 0 N–H and O–H groups in total. The van der Waals surface area contributed by atoms with Gasteiger partial charge in [-0.2, -0.15) is 10.2 Å². The number of rotatable bonds is 3. The molecule has 1 aliphatic heterocycles. The third-order valence-corrected chi connectivity index (χ3v) is 6.01. The maximum atomic E-state index is 13.4. The lowest BCUT2D eigenvalue weighted by Gasteiger charge is -2.31. The molecule has 0 spiro atoms. The molecular formula is C26H30N6O2. The highest BCUT2D eigenvalue weighted by molar-refractivity contribution is 5.94. The number of carbonyl (C=O) groups is 2. The highest BCUT2D eigenvalue weighted by Gasteiger charge is 2.22. The van der Waals surface area contributed by atoms with E-state index in [0.29, 0.717) is 25.2 Å². The summed E-state index contributed by atoms with van der Waals surface area (Å²) in [6.07, 6.45) is 6.52. The highest BCUT2D eigenvalue weighted by atomic mass is 16.2. The Labute approximate surface area is 200 Å². The van der Waals surface area contributed by atoms with Crippen LogP contribution in [0.1, 0.15) is 41.4 Å². The molecule has 0 saturated heterocycles. The van der Waals surface area contributed by atoms with Crippen LogP contribution in [0, 0.1) is 0 Å². The van der Waals surface area contributed by atoms with Crippen molar-refractivity contribution in [3.8, 4) is 0 Å². The lowest BCUT2D eigenvalue weighted by atomic mass is 10.1. The number of aromatic nitrogens is 3. The monoisotopic (exact) mass is 458 g/mol. The maximum Gasteiger partial charge on any atom is 0.255 e. The number of pyridine rings is 1. The number of fused-ring (bicyclic) bond motifs is 1. The van der Waals surface area contributed by atoms with Crippen LogP contribution in [0.25, 0.3) is 0 Å². The molecule has 0 bridgehead atoms. The third-order valence-electron chi connectivity index (χ3n) is 6.01. The average molecular weight is 459 g/mol. The molecule has 8 nitrogen and oxygen atoms in total. The van der Waals surface area contributed by atoms with Gasteiger partial charge in [0.25, 0.3) is 5.91 Å². The fraction of sp³-hybridized carbons (Fsp3) is 0.346. The number of hydrogen-bond acceptors (Lipinski definition) is 6. The molecule has 0 radical (unpaired) electrons. The summed E-state index contributed by atoms with van der Waals surface area (Å²) >= 11 is 0. The molecule has 1 aromatic carbocycles. The topological polar surface area (TPSA) is 82.5 Å². The van der Waals surface area contributed by atoms with Crippen LogP contribution < -0.4 is 4.90 Å². The molecule has 2 amide bonds. The quantitative estimate of drug-likeness (QED) is 0.600. The van der Waals surface area contributed by atoms with Gasteiger partial charge in [-0.1, -0.05) is 24.3 Å². The van der Waals surface area contributed by atoms with Gasteiger partial charge in [0.15, 0.2) is 0 Å². The Hall–Kier alpha value is -3.65. The number of nitrogens with zero attached hydrogens (tertiary/aromatic N) is 6. The van der Waals surface area contributed by atoms with Crippen molar-refractivity contribution in [3.63, 3.8) is 0 Å². The van der Waals surface area contributed by atoms with Crippen molar-refractivity contribution in [2.75, 3.05) is 31.1 Å². The molecule has 0 unspecified atom stereocenters. The Morgan fingerprint density at radius 1 is 0.882 bits per heavy atom. The van der Waals surface area contributed by atoms with Gasteiger partial charge in [-0.05, 0) is 42.7 Å². The van der Waals surface area contributed by atoms with Crippen molar-refractivity contribution in [2.45, 2.75) is 32.9 Å². The van der Waals surface area contributed by atoms with Crippen LogP contribution >= 0.6 is 0 Å². The van der Waals surface area contributed by atoms with Gasteiger partial charge in [-0.15, -0.1) is 0 Å². The van der Waals surface area contributed by atoms with E-state index >= 15 is 0 Å². The summed E-state index contributed by atoms with van der Waals surface area (Å²) in [6, 6.07) is 15.5. The van der Waals surface area contributed by atoms with E-state index in [4.69, 9.17) is 0 Å². The van der Waals surface area contributed by atoms with E-state index < -0.39 is 0 Å². The van der Waals surface area contributed by atoms with Crippen LogP contribution in [-0.4, -0.2) is 63.0 Å². The van der Waals surface area contributed by atoms with Crippen LogP contribution in [0.3, 0.4) is 0 Å². The molecule has 0 atom stereocenters. The number of carbonyl (C=O) groups excluding carboxylic acids is 2. The molecule has 176 valence electrons. The van der Waals surface area contributed by atoms with Gasteiger partial charge in [0.2, 0.25) is 5.91 Å². The Balaban J connectivity index is 1.62. The van der Waals surface area contributed by atoms with E-state index in [1.54, 1.807) is 13.0 Å². The van der Waals surface area contributed by atoms with Crippen molar-refractivity contribution in [3.05, 3.63) is 83.9 Å². The van der Waals surface area contributed by atoms with Crippen molar-refractivity contribution in [1.29, 1.82) is 0 Å². The number of benzene rings is 1. The summed E-state index contributed by atoms with van der Waals surface area (Å²) in [5.74, 6) is -0.0931. The Kier molecular flexibility index (Phi) is 7.93. The molecule has 34 heavy (non-hydrogen) atoms. The third kappa shape index (κ3) is 6.02. The second kappa shape index (κ2) is 11.5. The Bertz CT molecular complexity index is 1090. The minimum atomic E-state index is -0.0904. The largest absolute Gasteiger partial charge is 0.334 e. The SMILES string of the molecule is CC(=O)N1CCCN(Cc2ccccn2)CCCN(C(=O)c2ccnnc2)Cc2ccccc21. The summed E-state index contributed by atoms with van der Waals surface area (Å²) in [7, 11) is 0. The average Bonchev–Trinajstić information content (AvgIpc) is 2.86. The van der Waals surface area contributed by atoms with E-state index in [9.17, 15) is 9.59 Å². The molecule has 8 heteroatoms. The molecule has 0 aliphatic carbocycles. The van der Waals surface area contributed by atoms with Crippen LogP contribution in [0.15, 0.2) is 67.1 Å². The summed E-state index contributed by atoms with van der Waals surface area (Å²) in [5, 5.41) is 7.67. The van der Waals surface area contributed by atoms with E-state index in [1.807, 2.05) is 58.5 Å². The molecule has 2 aromatic heterocycles. The zero-order chi connectivity index (χ0) is 23.8. The molecule has 4 rings (SSSR count). The fourth-order valence-corrected chi connectivity index (χ4v) is 4.34. The molecule has 0 saturated carbocycles. The fourth-order valence-electron chi connectivity index (χ4n) is 4.34. The van der Waals surface area contributed by atoms with Gasteiger partial charge in [0.05, 0.1) is 23.7 Å². The maximum absolute atomic E-state index is 13.4. The van der Waals surface area contributed by atoms with E-state index in [1.165, 1.54) is 12.4 Å². The van der Waals surface area contributed by atoms with Gasteiger partial charge in [-0.25, -0.2) is 0 Å². The van der Waals surface area contributed by atoms with Crippen LogP contribution in [-0.2, 0) is 17.9 Å². The Morgan fingerprint density at radius 3 is 2.41 bits per heavy atom. The summed E-state index contributed by atoms with van der Waals surface area (Å²) in [5.41, 5.74) is 3.34. The van der Waals surface area contributed by atoms with E-state index in [0.717, 1.165) is 49.4 Å². The highest BCUT2D eigenvalue weighted by Crippen LogP contribution is 2.24. The lowest BCUT2D eigenvalue weighted by molar-refractivity contribution is -0.116. The number of hydrogen-bond donors (Lipinski definition) is 0. The van der Waals surface area contributed by atoms with Gasteiger partial charge >= 0.3 is 0 Å². The summed E-state index contributed by atoms with van der Waals surface area (Å²) in [6.45, 7) is 5.63. The molecular weight excluding hydrogens is 428 g/mol. The zero-order valence-electron chi connectivity index (χ0n) is 19.5. The molecule has 3 heterocycles. The second-order valence-corrected chi connectivity index (χ2v) is 8.46. The van der Waals surface area contributed by atoms with Crippen molar-refractivity contribution >= 4 is 17.5 Å². The first-order valence-electron chi connectivity index (χ1n) is 11.7. The van der Waals surface area contributed by atoms with E-state index in [-0.39, 0.29) is 11.8 Å². The number of anilines is 1. The van der Waals surface area contributed by atoms with Gasteiger partial charge in [-0.3, -0.25) is 19.5 Å². The summed E-state index contributed by atoms with van der Waals surface area (Å²) in [4.78, 5) is 36.5. The number of amides is 2. The Morgan fingerprint density at radius 2 is 1.68 bits per heavy atom. The van der Waals surface area contributed by atoms with Crippen molar-refractivity contribution < 1.29 is 9.59 Å². The van der Waals surface area contributed by atoms with Gasteiger partial charge in [0, 0.05) is 58.1 Å². The van der Waals surface area contributed by atoms with Crippen molar-refractivity contribution in [2.24, 2.45) is 0 Å². The first kappa shape index (κ1) is 23.5. The molecule has 1 aliphatic rings. The first-order chi connectivity index (χ1) is 16.6. The van der Waals surface area contributed by atoms with Crippen LogP contribution in [0.5, 0.6) is 0 Å². The minimum Gasteiger partial charge on any atom is -0.334 e. The van der Waals surface area contributed by atoms with Gasteiger partial charge in [0.1, 0.15) is 0 Å². The smallest absolute Gasteiger partial charge is 0.255 e. The van der Waals surface area contributed by atoms with Gasteiger partial charge < -0.3 is 9.80 Å². The summed E-state index contributed by atoms with van der Waals surface area (Å²) < 4.78 is 0. The predicted octanol–water partition coefficient (Wildman–Crippen LogP) is 3.16. The molecule has 3 aromatic rings. The molecule has 0 fully saturated rings. The number of para-hydroxylation sites is 1. The first-order valence-corrected chi connectivity index (χ1v) is 11.7. The van der Waals surface area contributed by atoms with Crippen molar-refractivity contribution in [1.82, 2.24) is 25.0 Å². The minimum absolute atomic E-state index is 0.00278. The zero-order valence-corrected chi connectivity index (χ0v) is 19.5. The normalized spacial score (nSPS) is 15.7. The standard InChI is InChI=1S/C26H30N6O2/c1-21(33)32-17-7-15-30(20-24-9-4-5-12-27-24)14-6-16-31(19-23-8-2-3-10-25(23)32)26(34)22-11-13-28-29-18-22/h2-5,8-13,18H,6-7,14-17,19-20H2,1H3.